The number of anilines is 2. The molecule has 2 amide bonds. The molecule has 0 atom stereocenters. The van der Waals surface area contributed by atoms with Gasteiger partial charge in [0.1, 0.15) is 5.75 Å². The van der Waals surface area contributed by atoms with Gasteiger partial charge in [-0.05, 0) is 23.8 Å². The van der Waals surface area contributed by atoms with Crippen LogP contribution in [0.2, 0.25) is 0 Å². The van der Waals surface area contributed by atoms with Crippen LogP contribution in [0.4, 0.5) is 11.4 Å². The van der Waals surface area contributed by atoms with E-state index in [-0.39, 0.29) is 18.4 Å². The summed E-state index contributed by atoms with van der Waals surface area (Å²) in [6.07, 6.45) is 3.25. The largest absolute Gasteiger partial charge is 0.481 e. The average molecular weight is 407 g/mol. The van der Waals surface area contributed by atoms with Crippen LogP contribution in [0.1, 0.15) is 5.56 Å². The highest BCUT2D eigenvalue weighted by atomic mass is 16.5. The number of fused-ring (bicyclic) bond motifs is 1. The summed E-state index contributed by atoms with van der Waals surface area (Å²) in [6, 6.07) is 15.0. The molecule has 7 nitrogen and oxygen atoms in total. The van der Waals surface area contributed by atoms with Gasteiger partial charge in [-0.3, -0.25) is 14.5 Å². The van der Waals surface area contributed by atoms with Crippen molar-refractivity contribution in [3.05, 3.63) is 60.2 Å². The Kier molecular flexibility index (Phi) is 6.41. The second-order valence-corrected chi connectivity index (χ2v) is 7.20. The zero-order valence-electron chi connectivity index (χ0n) is 16.8. The summed E-state index contributed by atoms with van der Waals surface area (Å²) in [7, 11) is 0. The summed E-state index contributed by atoms with van der Waals surface area (Å²) in [6.45, 7) is 4.62. The van der Waals surface area contributed by atoms with E-state index in [1.807, 2.05) is 36.4 Å². The lowest BCUT2D eigenvalue weighted by molar-refractivity contribution is -0.121. The monoisotopic (exact) mass is 407 g/mol. The van der Waals surface area contributed by atoms with Crippen molar-refractivity contribution in [2.75, 3.05) is 56.2 Å². The fraction of sp³-hybridized carbons (Fsp3) is 0.304. The molecular formula is C23H25N3O4. The highest BCUT2D eigenvalue weighted by Crippen LogP contribution is 2.34. The predicted molar refractivity (Wildman–Crippen MR) is 116 cm³/mol. The van der Waals surface area contributed by atoms with Crippen LogP contribution in [0, 0.1) is 0 Å². The minimum absolute atomic E-state index is 0.00141. The topological polar surface area (TPSA) is 71.1 Å². The first-order chi connectivity index (χ1) is 14.7. The fourth-order valence-electron chi connectivity index (χ4n) is 3.51. The standard InChI is InChI=1S/C23H25N3O4/c27-22(9-6-18-4-2-1-3-5-18)24-19-7-8-20-21(16-19)30-17-23(28)26(20)11-10-25-12-14-29-15-13-25/h1-9,16H,10-15,17H2,(H,24,27)/b9-6+. The Balaban J connectivity index is 1.40. The number of morpholine rings is 1. The van der Waals surface area contributed by atoms with Crippen LogP contribution < -0.4 is 15.0 Å². The van der Waals surface area contributed by atoms with Crippen molar-refractivity contribution in [3.63, 3.8) is 0 Å². The van der Waals surface area contributed by atoms with Gasteiger partial charge < -0.3 is 19.7 Å². The van der Waals surface area contributed by atoms with E-state index in [1.54, 1.807) is 23.1 Å². The van der Waals surface area contributed by atoms with Crippen LogP contribution in [0.5, 0.6) is 5.75 Å². The molecule has 2 aliphatic heterocycles. The lowest BCUT2D eigenvalue weighted by Gasteiger charge is -2.33. The second-order valence-electron chi connectivity index (χ2n) is 7.20. The maximum Gasteiger partial charge on any atom is 0.265 e. The van der Waals surface area contributed by atoms with E-state index in [1.165, 1.54) is 6.08 Å². The molecule has 0 saturated carbocycles. The Bertz CT molecular complexity index is 923. The van der Waals surface area contributed by atoms with E-state index in [4.69, 9.17) is 9.47 Å². The summed E-state index contributed by atoms with van der Waals surface area (Å²) in [5.41, 5.74) is 2.31. The van der Waals surface area contributed by atoms with Crippen molar-refractivity contribution in [1.29, 1.82) is 0 Å². The van der Waals surface area contributed by atoms with Crippen molar-refractivity contribution in [1.82, 2.24) is 4.90 Å². The first-order valence-electron chi connectivity index (χ1n) is 10.1. The third-order valence-electron chi connectivity index (χ3n) is 5.14. The normalized spacial score (nSPS) is 16.9. The maximum absolute atomic E-state index is 12.4. The number of nitrogens with one attached hydrogen (secondary N) is 1. The minimum atomic E-state index is -0.227. The second kappa shape index (κ2) is 9.56. The molecule has 7 heteroatoms. The summed E-state index contributed by atoms with van der Waals surface area (Å²) in [5, 5.41) is 2.84. The van der Waals surface area contributed by atoms with Crippen LogP contribution >= 0.6 is 0 Å². The van der Waals surface area contributed by atoms with Gasteiger partial charge in [-0.1, -0.05) is 30.3 Å². The van der Waals surface area contributed by atoms with Gasteiger partial charge >= 0.3 is 0 Å². The number of nitrogens with zero attached hydrogens (tertiary/aromatic N) is 2. The van der Waals surface area contributed by atoms with E-state index in [0.29, 0.717) is 18.0 Å². The number of carbonyl (C=O) groups excluding carboxylic acids is 2. The molecule has 2 aliphatic rings. The predicted octanol–water partition coefficient (Wildman–Crippen LogP) is 2.40. The van der Waals surface area contributed by atoms with Crippen molar-refractivity contribution in [3.8, 4) is 5.75 Å². The van der Waals surface area contributed by atoms with Crippen LogP contribution in [0.25, 0.3) is 6.08 Å². The van der Waals surface area contributed by atoms with Crippen molar-refractivity contribution in [2.24, 2.45) is 0 Å². The molecule has 0 aliphatic carbocycles. The zero-order valence-corrected chi connectivity index (χ0v) is 16.8. The summed E-state index contributed by atoms with van der Waals surface area (Å²) in [4.78, 5) is 28.7. The Morgan fingerprint density at radius 3 is 2.67 bits per heavy atom. The molecule has 0 radical (unpaired) electrons. The third-order valence-corrected chi connectivity index (χ3v) is 5.14. The Hall–Kier alpha value is -3.16. The highest BCUT2D eigenvalue weighted by molar-refractivity contribution is 6.03. The number of ether oxygens (including phenoxy) is 2. The van der Waals surface area contributed by atoms with E-state index >= 15 is 0 Å². The highest BCUT2D eigenvalue weighted by Gasteiger charge is 2.26. The number of rotatable bonds is 6. The molecule has 1 N–H and O–H groups in total. The van der Waals surface area contributed by atoms with Crippen molar-refractivity contribution >= 4 is 29.3 Å². The van der Waals surface area contributed by atoms with Gasteiger partial charge in [0.2, 0.25) is 5.91 Å². The van der Waals surface area contributed by atoms with Gasteiger partial charge in [-0.25, -0.2) is 0 Å². The van der Waals surface area contributed by atoms with E-state index in [2.05, 4.69) is 10.2 Å². The Labute approximate surface area is 175 Å². The molecule has 30 heavy (non-hydrogen) atoms. The van der Waals surface area contributed by atoms with E-state index < -0.39 is 0 Å². The molecule has 0 spiro atoms. The van der Waals surface area contributed by atoms with Gasteiger partial charge in [0, 0.05) is 44.0 Å². The SMILES string of the molecule is O=C(/C=C/c1ccccc1)Nc1ccc2c(c1)OCC(=O)N2CCN1CCOCC1. The molecule has 1 saturated heterocycles. The van der Waals surface area contributed by atoms with Gasteiger partial charge in [0.05, 0.1) is 18.9 Å². The Morgan fingerprint density at radius 2 is 1.87 bits per heavy atom. The van der Waals surface area contributed by atoms with Gasteiger partial charge in [-0.15, -0.1) is 0 Å². The lowest BCUT2D eigenvalue weighted by Crippen LogP contribution is -2.45. The molecule has 2 aromatic rings. The molecular weight excluding hydrogens is 382 g/mol. The minimum Gasteiger partial charge on any atom is -0.481 e. The first-order valence-corrected chi connectivity index (χ1v) is 10.1. The zero-order chi connectivity index (χ0) is 20.8. The van der Waals surface area contributed by atoms with Crippen LogP contribution in [0.15, 0.2) is 54.6 Å². The Morgan fingerprint density at radius 1 is 1.07 bits per heavy atom. The molecule has 4 rings (SSSR count). The quantitative estimate of drug-likeness (QED) is 0.745. The smallest absolute Gasteiger partial charge is 0.265 e. The number of hydrogen-bond donors (Lipinski definition) is 1. The molecule has 0 unspecified atom stereocenters. The number of amides is 2. The molecule has 0 bridgehead atoms. The molecule has 1 fully saturated rings. The summed E-state index contributed by atoms with van der Waals surface area (Å²) >= 11 is 0. The van der Waals surface area contributed by atoms with Crippen LogP contribution in [-0.4, -0.2) is 62.7 Å². The summed E-state index contributed by atoms with van der Waals surface area (Å²) in [5.74, 6) is 0.314. The van der Waals surface area contributed by atoms with Gasteiger partial charge in [0.25, 0.3) is 5.91 Å². The van der Waals surface area contributed by atoms with Crippen molar-refractivity contribution in [2.45, 2.75) is 0 Å². The lowest BCUT2D eigenvalue weighted by atomic mass is 10.2. The molecule has 2 heterocycles. The molecule has 2 aromatic carbocycles. The number of carbonyl (C=O) groups is 2. The average Bonchev–Trinajstić information content (AvgIpc) is 2.78. The first kappa shape index (κ1) is 20.1. The van der Waals surface area contributed by atoms with Crippen LogP contribution in [-0.2, 0) is 14.3 Å². The maximum atomic E-state index is 12.4. The van der Waals surface area contributed by atoms with Crippen LogP contribution in [0.3, 0.4) is 0 Å². The number of benzene rings is 2. The van der Waals surface area contributed by atoms with E-state index in [9.17, 15) is 9.59 Å². The third kappa shape index (κ3) is 5.06. The molecule has 156 valence electrons. The summed E-state index contributed by atoms with van der Waals surface area (Å²) < 4.78 is 11.0. The molecule has 0 aromatic heterocycles. The van der Waals surface area contributed by atoms with Gasteiger partial charge in [0.15, 0.2) is 6.61 Å². The fourth-order valence-corrected chi connectivity index (χ4v) is 3.51. The number of hydrogen-bond acceptors (Lipinski definition) is 5. The van der Waals surface area contributed by atoms with E-state index in [0.717, 1.165) is 44.1 Å². The van der Waals surface area contributed by atoms with Crippen molar-refractivity contribution < 1.29 is 19.1 Å². The van der Waals surface area contributed by atoms with Gasteiger partial charge in [-0.2, -0.15) is 0 Å².